The molecule has 3 atom stereocenters. The molecule has 0 aromatic heterocycles. The first-order valence-corrected chi connectivity index (χ1v) is 11.0. The van der Waals surface area contributed by atoms with Gasteiger partial charge >= 0.3 is 12.1 Å². The minimum absolute atomic E-state index is 0.106. The molecule has 0 saturated carbocycles. The number of hydrogen-bond donors (Lipinski definition) is 3. The van der Waals surface area contributed by atoms with Crippen LogP contribution < -0.4 is 10.6 Å². The molecule has 9 heteroatoms. The number of aliphatic carboxylic acids is 1. The minimum atomic E-state index is -1.26. The van der Waals surface area contributed by atoms with Crippen LogP contribution >= 0.6 is 0 Å². The van der Waals surface area contributed by atoms with Crippen molar-refractivity contribution in [3.8, 4) is 11.1 Å². The van der Waals surface area contributed by atoms with Crippen molar-refractivity contribution in [2.24, 2.45) is 0 Å². The van der Waals surface area contributed by atoms with Crippen LogP contribution in [0.1, 0.15) is 24.0 Å². The third kappa shape index (κ3) is 5.73. The number of ether oxygens (including phenoxy) is 2. The maximum absolute atomic E-state index is 12.8. The predicted octanol–water partition coefficient (Wildman–Crippen LogP) is 2.06. The summed E-state index contributed by atoms with van der Waals surface area (Å²) >= 11 is 0. The molecule has 0 bridgehead atoms. The predicted molar refractivity (Wildman–Crippen MR) is 127 cm³/mol. The van der Waals surface area contributed by atoms with Gasteiger partial charge in [0.25, 0.3) is 0 Å². The number of benzene rings is 2. The van der Waals surface area contributed by atoms with Gasteiger partial charge in [-0.25, -0.2) is 9.59 Å². The molecular formula is C25H31N3O6. The molecule has 3 N–H and O–H groups in total. The van der Waals surface area contributed by atoms with Gasteiger partial charge in [0.05, 0.1) is 6.10 Å². The Morgan fingerprint density at radius 3 is 2.06 bits per heavy atom. The number of nitrogens with zero attached hydrogens (tertiary/aromatic N) is 1. The van der Waals surface area contributed by atoms with Gasteiger partial charge in [0, 0.05) is 19.6 Å². The van der Waals surface area contributed by atoms with Crippen LogP contribution in [0, 0.1) is 0 Å². The summed E-state index contributed by atoms with van der Waals surface area (Å²) in [6, 6.07) is 13.7. The number of carboxylic acids is 1. The van der Waals surface area contributed by atoms with E-state index in [1.807, 2.05) is 48.5 Å². The highest BCUT2D eigenvalue weighted by molar-refractivity contribution is 5.89. The Morgan fingerprint density at radius 1 is 1.00 bits per heavy atom. The van der Waals surface area contributed by atoms with Crippen LogP contribution in [-0.2, 0) is 19.1 Å². The topological polar surface area (TPSA) is 117 Å². The fourth-order valence-corrected chi connectivity index (χ4v) is 4.11. The van der Waals surface area contributed by atoms with Gasteiger partial charge in [-0.1, -0.05) is 48.5 Å². The minimum Gasteiger partial charge on any atom is -0.480 e. The van der Waals surface area contributed by atoms with Crippen molar-refractivity contribution in [2.45, 2.75) is 31.0 Å². The number of fused-ring (bicyclic) bond motifs is 3. The average Bonchev–Trinajstić information content (AvgIpc) is 3.13. The van der Waals surface area contributed by atoms with Crippen molar-refractivity contribution in [2.75, 3.05) is 34.4 Å². The number of hydrogen-bond acceptors (Lipinski definition) is 6. The van der Waals surface area contributed by atoms with Crippen molar-refractivity contribution >= 4 is 18.0 Å². The van der Waals surface area contributed by atoms with E-state index in [2.05, 4.69) is 10.6 Å². The summed E-state index contributed by atoms with van der Waals surface area (Å²) in [6.45, 7) is 1.80. The Kier molecular flexibility index (Phi) is 8.25. The van der Waals surface area contributed by atoms with Gasteiger partial charge in [-0.05, 0) is 43.3 Å². The Bertz CT molecular complexity index is 995. The molecule has 9 nitrogen and oxygen atoms in total. The summed E-state index contributed by atoms with van der Waals surface area (Å²) in [5.41, 5.74) is 4.39. The molecule has 2 aromatic rings. The number of carbonyl (C=O) groups is 3. The van der Waals surface area contributed by atoms with E-state index in [1.165, 1.54) is 7.11 Å². The van der Waals surface area contributed by atoms with Crippen molar-refractivity contribution in [1.82, 2.24) is 15.5 Å². The maximum atomic E-state index is 12.8. The zero-order valence-corrected chi connectivity index (χ0v) is 19.8. The van der Waals surface area contributed by atoms with Crippen LogP contribution in [0.3, 0.4) is 0 Å². The fourth-order valence-electron chi connectivity index (χ4n) is 4.11. The number of amides is 2. The smallest absolute Gasteiger partial charge is 0.407 e. The SMILES string of the molecule is COC(C)C(NC(=O)[C@H](CN(C)C)NC(=O)OCC1c2ccccc2-c2ccccc21)C(=O)O. The highest BCUT2D eigenvalue weighted by atomic mass is 16.5. The van der Waals surface area contributed by atoms with Crippen LogP contribution in [0.5, 0.6) is 0 Å². The second kappa shape index (κ2) is 11.1. The Hall–Kier alpha value is -3.43. The second-order valence-electron chi connectivity index (χ2n) is 8.55. The van der Waals surface area contributed by atoms with Gasteiger partial charge in [-0.15, -0.1) is 0 Å². The van der Waals surface area contributed by atoms with E-state index >= 15 is 0 Å². The summed E-state index contributed by atoms with van der Waals surface area (Å²) in [5, 5.41) is 14.4. The lowest BCUT2D eigenvalue weighted by Gasteiger charge is -2.25. The lowest BCUT2D eigenvalue weighted by Crippen LogP contribution is -2.57. The molecule has 0 heterocycles. The molecule has 0 radical (unpaired) electrons. The van der Waals surface area contributed by atoms with E-state index in [0.717, 1.165) is 22.3 Å². The number of carbonyl (C=O) groups excluding carboxylic acids is 2. The van der Waals surface area contributed by atoms with Gasteiger partial charge in [-0.3, -0.25) is 4.79 Å². The van der Waals surface area contributed by atoms with Gasteiger partial charge < -0.3 is 30.1 Å². The van der Waals surface area contributed by atoms with E-state index in [0.29, 0.717) is 0 Å². The second-order valence-corrected chi connectivity index (χ2v) is 8.55. The first-order chi connectivity index (χ1) is 16.2. The standard InChI is InChI=1S/C25H31N3O6/c1-15(33-4)22(24(30)31)27-23(29)21(13-28(2)3)26-25(32)34-14-20-18-11-7-5-9-16(18)17-10-6-8-12-19(17)20/h5-12,15,20-22H,13-14H2,1-4H3,(H,26,32)(H,27,29)(H,30,31)/t15?,21-,22?/m0/s1. The summed E-state index contributed by atoms with van der Waals surface area (Å²) in [5.74, 6) is -1.98. The van der Waals surface area contributed by atoms with E-state index in [4.69, 9.17) is 9.47 Å². The quantitative estimate of drug-likeness (QED) is 0.488. The van der Waals surface area contributed by atoms with E-state index in [9.17, 15) is 19.5 Å². The summed E-state index contributed by atoms with van der Waals surface area (Å²) in [7, 11) is 4.84. The zero-order valence-electron chi connectivity index (χ0n) is 19.8. The molecule has 34 heavy (non-hydrogen) atoms. The van der Waals surface area contributed by atoms with E-state index in [-0.39, 0.29) is 19.1 Å². The third-order valence-corrected chi connectivity index (χ3v) is 5.90. The number of alkyl carbamates (subject to hydrolysis) is 1. The molecule has 0 spiro atoms. The lowest BCUT2D eigenvalue weighted by molar-refractivity contribution is -0.145. The number of rotatable bonds is 10. The number of methoxy groups -OCH3 is 1. The average molecular weight is 470 g/mol. The van der Waals surface area contributed by atoms with Crippen molar-refractivity contribution in [3.63, 3.8) is 0 Å². The number of nitrogens with one attached hydrogen (secondary N) is 2. The molecule has 3 rings (SSSR count). The van der Waals surface area contributed by atoms with Crippen LogP contribution in [0.4, 0.5) is 4.79 Å². The highest BCUT2D eigenvalue weighted by Crippen LogP contribution is 2.44. The third-order valence-electron chi connectivity index (χ3n) is 5.90. The van der Waals surface area contributed by atoms with Crippen LogP contribution in [0.25, 0.3) is 11.1 Å². The van der Waals surface area contributed by atoms with Crippen LogP contribution in [0.15, 0.2) is 48.5 Å². The van der Waals surface area contributed by atoms with Crippen molar-refractivity contribution in [1.29, 1.82) is 0 Å². The molecule has 1 aliphatic carbocycles. The molecule has 0 saturated heterocycles. The molecule has 182 valence electrons. The summed E-state index contributed by atoms with van der Waals surface area (Å²) < 4.78 is 10.6. The van der Waals surface area contributed by atoms with E-state index in [1.54, 1.807) is 25.9 Å². The first kappa shape index (κ1) is 25.2. The summed E-state index contributed by atoms with van der Waals surface area (Å²) in [6.07, 6.45) is -1.51. The van der Waals surface area contributed by atoms with Gasteiger partial charge in [0.1, 0.15) is 12.6 Å². The number of carboxylic acid groups (broad SMARTS) is 1. The van der Waals surface area contributed by atoms with Crippen LogP contribution in [-0.4, -0.2) is 80.5 Å². The molecule has 2 unspecified atom stereocenters. The number of likely N-dealkylation sites (N-methyl/N-ethyl adjacent to an activating group) is 1. The Labute approximate surface area is 199 Å². The Balaban J connectivity index is 1.67. The lowest BCUT2D eigenvalue weighted by atomic mass is 9.98. The summed E-state index contributed by atoms with van der Waals surface area (Å²) in [4.78, 5) is 38.7. The molecule has 2 aromatic carbocycles. The van der Waals surface area contributed by atoms with Crippen molar-refractivity contribution < 1.29 is 29.0 Å². The maximum Gasteiger partial charge on any atom is 0.407 e. The van der Waals surface area contributed by atoms with Gasteiger partial charge in [-0.2, -0.15) is 0 Å². The van der Waals surface area contributed by atoms with Gasteiger partial charge in [0.2, 0.25) is 5.91 Å². The van der Waals surface area contributed by atoms with E-state index < -0.39 is 36.2 Å². The fraction of sp³-hybridized carbons (Fsp3) is 0.400. The molecule has 0 aliphatic heterocycles. The largest absolute Gasteiger partial charge is 0.480 e. The van der Waals surface area contributed by atoms with Crippen LogP contribution in [0.2, 0.25) is 0 Å². The van der Waals surface area contributed by atoms with Gasteiger partial charge in [0.15, 0.2) is 6.04 Å². The monoisotopic (exact) mass is 469 g/mol. The first-order valence-electron chi connectivity index (χ1n) is 11.0. The molecular weight excluding hydrogens is 438 g/mol. The molecule has 1 aliphatic rings. The van der Waals surface area contributed by atoms with Crippen molar-refractivity contribution in [3.05, 3.63) is 59.7 Å². The highest BCUT2D eigenvalue weighted by Gasteiger charge is 2.32. The molecule has 0 fully saturated rings. The zero-order chi connectivity index (χ0) is 24.8. The normalized spacial score (nSPS) is 15.1. The Morgan fingerprint density at radius 2 is 1.56 bits per heavy atom. The molecule has 2 amide bonds.